The van der Waals surface area contributed by atoms with Crippen molar-refractivity contribution in [3.63, 3.8) is 0 Å². The lowest BCUT2D eigenvalue weighted by atomic mass is 10.1. The molecule has 0 aromatic heterocycles. The van der Waals surface area contributed by atoms with Crippen molar-refractivity contribution in [1.29, 1.82) is 0 Å². The maximum absolute atomic E-state index is 12.8. The number of benzene rings is 2. The molecule has 0 aliphatic carbocycles. The van der Waals surface area contributed by atoms with E-state index in [1.807, 2.05) is 43.3 Å². The topological polar surface area (TPSA) is 20.3 Å². The van der Waals surface area contributed by atoms with Crippen LogP contribution in [0.1, 0.15) is 15.9 Å². The van der Waals surface area contributed by atoms with Gasteiger partial charge in [-0.05, 0) is 48.0 Å². The third-order valence-electron chi connectivity index (χ3n) is 2.97. The van der Waals surface area contributed by atoms with Crippen molar-refractivity contribution < 1.29 is 9.18 Å². The molecule has 2 aromatic rings. The molecule has 0 amide bonds. The van der Waals surface area contributed by atoms with Gasteiger partial charge in [-0.15, -0.1) is 0 Å². The van der Waals surface area contributed by atoms with Crippen LogP contribution in [-0.4, -0.2) is 19.9 Å². The highest BCUT2D eigenvalue weighted by atomic mass is 19.1. The Bertz CT molecular complexity index is 612. The lowest BCUT2D eigenvalue weighted by molar-refractivity contribution is 0.104. The maximum Gasteiger partial charge on any atom is 0.185 e. The summed E-state index contributed by atoms with van der Waals surface area (Å²) in [5.74, 6) is -0.480. The summed E-state index contributed by atoms with van der Waals surface area (Å²) >= 11 is 0. The zero-order valence-electron chi connectivity index (χ0n) is 11.5. The molecule has 0 saturated carbocycles. The van der Waals surface area contributed by atoms with Gasteiger partial charge in [0.05, 0.1) is 0 Å². The first kappa shape index (κ1) is 14.0. The van der Waals surface area contributed by atoms with Gasteiger partial charge in [-0.3, -0.25) is 4.79 Å². The Kier molecular flexibility index (Phi) is 4.31. The van der Waals surface area contributed by atoms with Crippen molar-refractivity contribution in [3.05, 3.63) is 71.6 Å². The molecule has 0 unspecified atom stereocenters. The molecular weight excluding hydrogens is 253 g/mol. The number of anilines is 1. The molecule has 0 N–H and O–H groups in total. The summed E-state index contributed by atoms with van der Waals surface area (Å²) in [6.45, 7) is 0. The van der Waals surface area contributed by atoms with Crippen LogP contribution < -0.4 is 4.90 Å². The van der Waals surface area contributed by atoms with E-state index in [1.54, 1.807) is 6.08 Å². The van der Waals surface area contributed by atoms with E-state index in [0.717, 1.165) is 11.3 Å². The zero-order chi connectivity index (χ0) is 14.5. The Morgan fingerprint density at radius 2 is 1.60 bits per heavy atom. The summed E-state index contributed by atoms with van der Waals surface area (Å²) in [5, 5.41) is 0. The monoisotopic (exact) mass is 269 g/mol. The number of ketones is 1. The summed E-state index contributed by atoms with van der Waals surface area (Å²) in [5.41, 5.74) is 2.53. The van der Waals surface area contributed by atoms with Crippen LogP contribution >= 0.6 is 0 Å². The molecule has 0 heterocycles. The van der Waals surface area contributed by atoms with Crippen LogP contribution in [0.3, 0.4) is 0 Å². The standard InChI is InChI=1S/C17H16FNO/c1-19(2)16-10-3-13(4-11-16)5-12-17(20)14-6-8-15(18)9-7-14/h3-12H,1-2H3. The number of carbonyl (C=O) groups excluding carboxylic acids is 1. The van der Waals surface area contributed by atoms with Gasteiger partial charge in [-0.1, -0.05) is 18.2 Å². The van der Waals surface area contributed by atoms with E-state index >= 15 is 0 Å². The SMILES string of the molecule is CN(C)c1ccc(C=CC(=O)c2ccc(F)cc2)cc1. The van der Waals surface area contributed by atoms with E-state index < -0.39 is 0 Å². The van der Waals surface area contributed by atoms with Crippen LogP contribution in [0.25, 0.3) is 6.08 Å². The largest absolute Gasteiger partial charge is 0.378 e. The van der Waals surface area contributed by atoms with Crippen molar-refractivity contribution in [1.82, 2.24) is 0 Å². The predicted molar refractivity (Wildman–Crippen MR) is 80.5 cm³/mol. The highest BCUT2D eigenvalue weighted by Gasteiger charge is 2.01. The Balaban J connectivity index is 2.08. The molecule has 0 spiro atoms. The van der Waals surface area contributed by atoms with E-state index in [0.29, 0.717) is 5.56 Å². The molecule has 20 heavy (non-hydrogen) atoms. The molecule has 0 atom stereocenters. The third-order valence-corrected chi connectivity index (χ3v) is 2.97. The molecule has 0 radical (unpaired) electrons. The van der Waals surface area contributed by atoms with Crippen LogP contribution in [0.5, 0.6) is 0 Å². The van der Waals surface area contributed by atoms with E-state index in [9.17, 15) is 9.18 Å². The number of rotatable bonds is 4. The van der Waals surface area contributed by atoms with Crippen molar-refractivity contribution >= 4 is 17.5 Å². The number of nitrogens with zero attached hydrogens (tertiary/aromatic N) is 1. The Hall–Kier alpha value is -2.42. The number of halogens is 1. The van der Waals surface area contributed by atoms with Gasteiger partial charge >= 0.3 is 0 Å². The summed E-state index contributed by atoms with van der Waals surface area (Å²) in [7, 11) is 3.95. The average molecular weight is 269 g/mol. The van der Waals surface area contributed by atoms with Gasteiger partial charge in [0, 0.05) is 25.3 Å². The van der Waals surface area contributed by atoms with E-state index in [4.69, 9.17) is 0 Å². The quantitative estimate of drug-likeness (QED) is 0.621. The van der Waals surface area contributed by atoms with Gasteiger partial charge in [-0.2, -0.15) is 0 Å². The van der Waals surface area contributed by atoms with Crippen molar-refractivity contribution in [2.24, 2.45) is 0 Å². The molecule has 0 bridgehead atoms. The minimum absolute atomic E-state index is 0.137. The van der Waals surface area contributed by atoms with Gasteiger partial charge in [0.2, 0.25) is 0 Å². The molecule has 0 aliphatic rings. The Morgan fingerprint density at radius 3 is 2.15 bits per heavy atom. The molecule has 0 saturated heterocycles. The number of hydrogen-bond acceptors (Lipinski definition) is 2. The van der Waals surface area contributed by atoms with E-state index in [1.165, 1.54) is 30.3 Å². The van der Waals surface area contributed by atoms with Gasteiger partial charge in [-0.25, -0.2) is 4.39 Å². The fourth-order valence-corrected chi connectivity index (χ4v) is 1.77. The van der Waals surface area contributed by atoms with Gasteiger partial charge in [0.25, 0.3) is 0 Å². The summed E-state index contributed by atoms with van der Waals surface area (Å²) in [6.07, 6.45) is 3.25. The highest BCUT2D eigenvalue weighted by molar-refractivity contribution is 6.06. The fraction of sp³-hybridized carbons (Fsp3) is 0.118. The minimum Gasteiger partial charge on any atom is -0.378 e. The van der Waals surface area contributed by atoms with Gasteiger partial charge < -0.3 is 4.90 Å². The lowest BCUT2D eigenvalue weighted by Gasteiger charge is -2.11. The minimum atomic E-state index is -0.343. The molecule has 0 fully saturated rings. The van der Waals surface area contributed by atoms with Crippen molar-refractivity contribution in [2.45, 2.75) is 0 Å². The third kappa shape index (κ3) is 3.54. The first-order valence-corrected chi connectivity index (χ1v) is 6.31. The van der Waals surface area contributed by atoms with Crippen molar-refractivity contribution in [3.8, 4) is 0 Å². The predicted octanol–water partition coefficient (Wildman–Crippen LogP) is 3.79. The number of carbonyl (C=O) groups is 1. The first-order valence-electron chi connectivity index (χ1n) is 6.31. The van der Waals surface area contributed by atoms with Crippen LogP contribution in [0.2, 0.25) is 0 Å². The Labute approximate surface area is 118 Å². The van der Waals surface area contributed by atoms with Crippen LogP contribution in [-0.2, 0) is 0 Å². The summed E-state index contributed by atoms with van der Waals surface area (Å²) in [4.78, 5) is 13.9. The number of hydrogen-bond donors (Lipinski definition) is 0. The van der Waals surface area contributed by atoms with Crippen LogP contribution in [0.15, 0.2) is 54.6 Å². The summed E-state index contributed by atoms with van der Waals surface area (Å²) < 4.78 is 12.8. The highest BCUT2D eigenvalue weighted by Crippen LogP contribution is 2.13. The lowest BCUT2D eigenvalue weighted by Crippen LogP contribution is -2.07. The second-order valence-electron chi connectivity index (χ2n) is 4.69. The number of allylic oxidation sites excluding steroid dienone is 1. The second-order valence-corrected chi connectivity index (χ2v) is 4.69. The smallest absolute Gasteiger partial charge is 0.185 e. The van der Waals surface area contributed by atoms with E-state index in [2.05, 4.69) is 0 Å². The maximum atomic E-state index is 12.8. The zero-order valence-corrected chi connectivity index (χ0v) is 11.5. The summed E-state index contributed by atoms with van der Waals surface area (Å²) in [6, 6.07) is 13.4. The van der Waals surface area contributed by atoms with Crippen molar-refractivity contribution in [2.75, 3.05) is 19.0 Å². The molecule has 3 heteroatoms. The van der Waals surface area contributed by atoms with Gasteiger partial charge in [0.15, 0.2) is 5.78 Å². The van der Waals surface area contributed by atoms with E-state index in [-0.39, 0.29) is 11.6 Å². The molecular formula is C17H16FNO. The molecule has 0 aliphatic heterocycles. The van der Waals surface area contributed by atoms with Crippen LogP contribution in [0.4, 0.5) is 10.1 Å². The average Bonchev–Trinajstić information content (AvgIpc) is 2.46. The fourth-order valence-electron chi connectivity index (χ4n) is 1.77. The molecule has 102 valence electrons. The van der Waals surface area contributed by atoms with Gasteiger partial charge in [0.1, 0.15) is 5.82 Å². The Morgan fingerprint density at radius 1 is 1.00 bits per heavy atom. The second kappa shape index (κ2) is 6.15. The first-order chi connectivity index (χ1) is 9.56. The molecule has 2 aromatic carbocycles. The van der Waals surface area contributed by atoms with Crippen LogP contribution in [0, 0.1) is 5.82 Å². The molecule has 2 nitrogen and oxygen atoms in total. The molecule has 2 rings (SSSR count). The normalized spacial score (nSPS) is 10.8.